The molecule has 3 rings (SSSR count). The second kappa shape index (κ2) is 7.30. The van der Waals surface area contributed by atoms with Crippen molar-refractivity contribution in [2.75, 3.05) is 6.54 Å². The predicted molar refractivity (Wildman–Crippen MR) is 97.0 cm³/mol. The lowest BCUT2D eigenvalue weighted by Gasteiger charge is -2.16. The lowest BCUT2D eigenvalue weighted by molar-refractivity contribution is -0.122. The van der Waals surface area contributed by atoms with E-state index in [9.17, 15) is 4.79 Å². The van der Waals surface area contributed by atoms with Crippen LogP contribution in [-0.4, -0.2) is 22.0 Å². The molecule has 0 fully saturated rings. The Bertz CT molecular complexity index is 823. The minimum Gasteiger partial charge on any atom is -0.354 e. The maximum absolute atomic E-state index is 12.5. The van der Waals surface area contributed by atoms with Crippen molar-refractivity contribution in [3.63, 3.8) is 0 Å². The monoisotopic (exact) mass is 321 g/mol. The largest absolute Gasteiger partial charge is 0.354 e. The van der Waals surface area contributed by atoms with Gasteiger partial charge in [0.15, 0.2) is 0 Å². The molecule has 1 heterocycles. The third-order valence-electron chi connectivity index (χ3n) is 4.41. The molecule has 1 amide bonds. The van der Waals surface area contributed by atoms with E-state index in [2.05, 4.69) is 20.9 Å². The number of aromatic nitrogens is 2. The van der Waals surface area contributed by atoms with Gasteiger partial charge in [-0.3, -0.25) is 4.79 Å². The molecule has 1 N–H and O–H groups in total. The third-order valence-corrected chi connectivity index (χ3v) is 4.41. The third kappa shape index (κ3) is 3.32. The van der Waals surface area contributed by atoms with Gasteiger partial charge in [-0.2, -0.15) is 0 Å². The van der Waals surface area contributed by atoms with Crippen molar-refractivity contribution in [3.05, 3.63) is 66.0 Å². The highest BCUT2D eigenvalue weighted by atomic mass is 16.1. The SMILES string of the molecule is CCC(C(=O)NCCn1c(C)nc2ccccc21)c1ccccc1. The van der Waals surface area contributed by atoms with Gasteiger partial charge in [-0.1, -0.05) is 49.4 Å². The summed E-state index contributed by atoms with van der Waals surface area (Å²) in [6.07, 6.45) is 0.795. The molecule has 124 valence electrons. The Morgan fingerprint density at radius 3 is 2.58 bits per heavy atom. The van der Waals surface area contributed by atoms with Crippen LogP contribution >= 0.6 is 0 Å². The average Bonchev–Trinajstić information content (AvgIpc) is 2.92. The molecule has 0 aliphatic carbocycles. The summed E-state index contributed by atoms with van der Waals surface area (Å²) in [6, 6.07) is 18.0. The van der Waals surface area contributed by atoms with Crippen molar-refractivity contribution >= 4 is 16.9 Å². The van der Waals surface area contributed by atoms with E-state index in [0.717, 1.165) is 35.4 Å². The lowest BCUT2D eigenvalue weighted by Crippen LogP contribution is -2.32. The molecule has 2 aromatic carbocycles. The summed E-state index contributed by atoms with van der Waals surface area (Å²) in [6.45, 7) is 5.37. The lowest BCUT2D eigenvalue weighted by atomic mass is 9.96. The highest BCUT2D eigenvalue weighted by Gasteiger charge is 2.18. The van der Waals surface area contributed by atoms with Gasteiger partial charge in [-0.05, 0) is 31.0 Å². The second-order valence-corrected chi connectivity index (χ2v) is 5.96. The Labute approximate surface area is 142 Å². The zero-order chi connectivity index (χ0) is 16.9. The molecule has 4 heteroatoms. The number of hydrogen-bond donors (Lipinski definition) is 1. The maximum atomic E-state index is 12.5. The van der Waals surface area contributed by atoms with Crippen LogP contribution in [0.4, 0.5) is 0 Å². The Balaban J connectivity index is 1.65. The minimum absolute atomic E-state index is 0.0887. The van der Waals surface area contributed by atoms with Crippen molar-refractivity contribution < 1.29 is 4.79 Å². The average molecular weight is 321 g/mol. The summed E-state index contributed by atoms with van der Waals surface area (Å²) in [5.74, 6) is 0.971. The zero-order valence-electron chi connectivity index (χ0n) is 14.2. The number of fused-ring (bicyclic) bond motifs is 1. The fourth-order valence-corrected chi connectivity index (χ4v) is 3.15. The molecule has 0 aliphatic heterocycles. The van der Waals surface area contributed by atoms with E-state index in [1.807, 2.05) is 62.4 Å². The summed E-state index contributed by atoms with van der Waals surface area (Å²) in [5.41, 5.74) is 3.18. The summed E-state index contributed by atoms with van der Waals surface area (Å²) in [4.78, 5) is 17.1. The van der Waals surface area contributed by atoms with Gasteiger partial charge in [-0.25, -0.2) is 4.98 Å². The van der Waals surface area contributed by atoms with E-state index in [-0.39, 0.29) is 11.8 Å². The van der Waals surface area contributed by atoms with Crippen molar-refractivity contribution in [2.24, 2.45) is 0 Å². The number of rotatable bonds is 6. The standard InChI is InChI=1S/C20H23N3O/c1-3-17(16-9-5-4-6-10-16)20(24)21-13-14-23-15(2)22-18-11-7-8-12-19(18)23/h4-12,17H,3,13-14H2,1-2H3,(H,21,24). The summed E-state index contributed by atoms with van der Waals surface area (Å²) in [5, 5.41) is 3.07. The van der Waals surface area contributed by atoms with Crippen LogP contribution in [0.15, 0.2) is 54.6 Å². The summed E-state index contributed by atoms with van der Waals surface area (Å²) >= 11 is 0. The van der Waals surface area contributed by atoms with Gasteiger partial charge >= 0.3 is 0 Å². The van der Waals surface area contributed by atoms with Gasteiger partial charge in [0.05, 0.1) is 17.0 Å². The first-order chi connectivity index (χ1) is 11.7. The van der Waals surface area contributed by atoms with Crippen LogP contribution in [0.3, 0.4) is 0 Å². The van der Waals surface area contributed by atoms with Crippen LogP contribution in [0.2, 0.25) is 0 Å². The van der Waals surface area contributed by atoms with E-state index in [1.165, 1.54) is 0 Å². The molecule has 0 spiro atoms. The number of hydrogen-bond acceptors (Lipinski definition) is 2. The molecule has 3 aromatic rings. The van der Waals surface area contributed by atoms with E-state index < -0.39 is 0 Å². The van der Waals surface area contributed by atoms with Gasteiger partial charge in [0.1, 0.15) is 5.82 Å². The fraction of sp³-hybridized carbons (Fsp3) is 0.300. The van der Waals surface area contributed by atoms with Gasteiger partial charge in [0, 0.05) is 13.1 Å². The number of carbonyl (C=O) groups is 1. The van der Waals surface area contributed by atoms with Crippen molar-refractivity contribution in [3.8, 4) is 0 Å². The topological polar surface area (TPSA) is 46.9 Å². The Hall–Kier alpha value is -2.62. The molecule has 0 radical (unpaired) electrons. The van der Waals surface area contributed by atoms with Crippen LogP contribution in [0, 0.1) is 6.92 Å². The number of benzene rings is 2. The first-order valence-corrected chi connectivity index (χ1v) is 8.45. The van der Waals surface area contributed by atoms with Crippen LogP contribution in [0.25, 0.3) is 11.0 Å². The molecule has 0 saturated carbocycles. The first-order valence-electron chi connectivity index (χ1n) is 8.45. The normalized spacial score (nSPS) is 12.2. The number of imidazole rings is 1. The molecular weight excluding hydrogens is 298 g/mol. The van der Waals surface area contributed by atoms with Gasteiger partial charge in [0.25, 0.3) is 0 Å². The van der Waals surface area contributed by atoms with E-state index in [0.29, 0.717) is 6.54 Å². The van der Waals surface area contributed by atoms with Crippen molar-refractivity contribution in [1.29, 1.82) is 0 Å². The number of nitrogens with one attached hydrogen (secondary N) is 1. The van der Waals surface area contributed by atoms with Crippen LogP contribution < -0.4 is 5.32 Å². The van der Waals surface area contributed by atoms with Gasteiger partial charge < -0.3 is 9.88 Å². The Morgan fingerprint density at radius 1 is 1.12 bits per heavy atom. The Kier molecular flexibility index (Phi) is 4.94. The molecule has 1 aromatic heterocycles. The number of carbonyl (C=O) groups excluding carboxylic acids is 1. The highest BCUT2D eigenvalue weighted by Crippen LogP contribution is 2.19. The summed E-state index contributed by atoms with van der Waals surface area (Å²) in [7, 11) is 0. The molecule has 4 nitrogen and oxygen atoms in total. The van der Waals surface area contributed by atoms with E-state index in [1.54, 1.807) is 0 Å². The fourth-order valence-electron chi connectivity index (χ4n) is 3.15. The molecule has 0 saturated heterocycles. The number of nitrogens with zero attached hydrogens (tertiary/aromatic N) is 2. The van der Waals surface area contributed by atoms with Crippen molar-refractivity contribution in [2.45, 2.75) is 32.7 Å². The maximum Gasteiger partial charge on any atom is 0.227 e. The molecule has 1 unspecified atom stereocenters. The molecule has 24 heavy (non-hydrogen) atoms. The second-order valence-electron chi connectivity index (χ2n) is 5.96. The van der Waals surface area contributed by atoms with Crippen LogP contribution in [0.1, 0.15) is 30.7 Å². The summed E-state index contributed by atoms with van der Waals surface area (Å²) < 4.78 is 2.15. The van der Waals surface area contributed by atoms with E-state index in [4.69, 9.17) is 0 Å². The van der Waals surface area contributed by atoms with Gasteiger partial charge in [0.2, 0.25) is 5.91 Å². The zero-order valence-corrected chi connectivity index (χ0v) is 14.2. The highest BCUT2D eigenvalue weighted by molar-refractivity contribution is 5.83. The Morgan fingerprint density at radius 2 is 1.83 bits per heavy atom. The number of para-hydroxylation sites is 2. The molecule has 0 aliphatic rings. The van der Waals surface area contributed by atoms with Crippen LogP contribution in [0.5, 0.6) is 0 Å². The molecular formula is C20H23N3O. The number of aryl methyl sites for hydroxylation is 1. The first kappa shape index (κ1) is 16.2. The minimum atomic E-state index is -0.0909. The van der Waals surface area contributed by atoms with Gasteiger partial charge in [-0.15, -0.1) is 0 Å². The predicted octanol–water partition coefficient (Wildman–Crippen LogP) is 3.65. The van der Waals surface area contributed by atoms with Crippen molar-refractivity contribution in [1.82, 2.24) is 14.9 Å². The number of amides is 1. The van der Waals surface area contributed by atoms with E-state index >= 15 is 0 Å². The van der Waals surface area contributed by atoms with Crippen LogP contribution in [-0.2, 0) is 11.3 Å². The smallest absolute Gasteiger partial charge is 0.227 e. The molecule has 1 atom stereocenters. The quantitative estimate of drug-likeness (QED) is 0.753. The molecule has 0 bridgehead atoms.